The van der Waals surface area contributed by atoms with Crippen LogP contribution in [0.25, 0.3) is 0 Å². The van der Waals surface area contributed by atoms with Gasteiger partial charge in [-0.15, -0.1) is 0 Å². The summed E-state index contributed by atoms with van der Waals surface area (Å²) in [7, 11) is 1.76. The van der Waals surface area contributed by atoms with Crippen molar-refractivity contribution in [3.8, 4) is 0 Å². The van der Waals surface area contributed by atoms with Gasteiger partial charge in [-0.05, 0) is 23.6 Å². The standard InChI is InChI=1S/C23H24N4O5/c1-3-4-12-26-21(29)23(20(28)24-22(26)30)14-16-13-17(27(31)32)10-11-18(16)25(2)19(23)15-8-6-5-7-9-15/h5-11,13,19H,3-4,12,14H2,1-2H3,(H,24,28,30)/t19-,23+/m1/s1. The summed E-state index contributed by atoms with van der Waals surface area (Å²) in [4.78, 5) is 53.6. The Morgan fingerprint density at radius 1 is 1.16 bits per heavy atom. The summed E-state index contributed by atoms with van der Waals surface area (Å²) in [5, 5.41) is 13.7. The van der Waals surface area contributed by atoms with Gasteiger partial charge >= 0.3 is 6.03 Å². The van der Waals surface area contributed by atoms with Crippen molar-refractivity contribution in [2.75, 3.05) is 18.5 Å². The zero-order valence-electron chi connectivity index (χ0n) is 17.9. The van der Waals surface area contributed by atoms with Crippen LogP contribution in [0.3, 0.4) is 0 Å². The molecule has 1 saturated heterocycles. The zero-order valence-corrected chi connectivity index (χ0v) is 17.9. The number of nitro groups is 1. The van der Waals surface area contributed by atoms with E-state index < -0.39 is 34.2 Å². The van der Waals surface area contributed by atoms with Crippen molar-refractivity contribution in [1.82, 2.24) is 10.2 Å². The number of hydrogen-bond donors (Lipinski definition) is 1. The minimum atomic E-state index is -1.64. The number of urea groups is 1. The van der Waals surface area contributed by atoms with Crippen LogP contribution >= 0.6 is 0 Å². The average Bonchev–Trinajstić information content (AvgIpc) is 2.78. The van der Waals surface area contributed by atoms with Gasteiger partial charge in [0.05, 0.1) is 11.0 Å². The highest BCUT2D eigenvalue weighted by molar-refractivity contribution is 6.20. The molecular weight excluding hydrogens is 412 g/mol. The third-order valence-electron chi connectivity index (χ3n) is 6.33. The van der Waals surface area contributed by atoms with E-state index in [9.17, 15) is 24.5 Å². The molecule has 0 aromatic heterocycles. The number of carbonyl (C=O) groups is 3. The van der Waals surface area contributed by atoms with Gasteiger partial charge in [-0.2, -0.15) is 0 Å². The minimum Gasteiger partial charge on any atom is -0.366 e. The smallest absolute Gasteiger partial charge is 0.330 e. The fraction of sp³-hybridized carbons (Fsp3) is 0.348. The molecule has 0 bridgehead atoms. The Kier molecular flexibility index (Phi) is 5.41. The average molecular weight is 436 g/mol. The van der Waals surface area contributed by atoms with Crippen molar-refractivity contribution >= 4 is 29.2 Å². The topological polar surface area (TPSA) is 113 Å². The zero-order chi connectivity index (χ0) is 23.0. The fourth-order valence-corrected chi connectivity index (χ4v) is 4.80. The maximum atomic E-state index is 13.9. The van der Waals surface area contributed by atoms with Crippen LogP contribution < -0.4 is 10.2 Å². The predicted octanol–water partition coefficient (Wildman–Crippen LogP) is 3.19. The molecule has 2 aliphatic rings. The van der Waals surface area contributed by atoms with Gasteiger partial charge in [0.25, 0.3) is 5.69 Å². The highest BCUT2D eigenvalue weighted by Gasteiger charge is 2.62. The van der Waals surface area contributed by atoms with E-state index in [1.165, 1.54) is 12.1 Å². The Bertz CT molecular complexity index is 1100. The van der Waals surface area contributed by atoms with Gasteiger partial charge in [-0.1, -0.05) is 43.7 Å². The summed E-state index contributed by atoms with van der Waals surface area (Å²) in [6.45, 7) is 2.15. The first-order valence-electron chi connectivity index (χ1n) is 10.5. The second-order valence-corrected chi connectivity index (χ2v) is 8.21. The quantitative estimate of drug-likeness (QED) is 0.438. The number of fused-ring (bicyclic) bond motifs is 1. The molecule has 0 radical (unpaired) electrons. The third-order valence-corrected chi connectivity index (χ3v) is 6.33. The number of hydrogen-bond acceptors (Lipinski definition) is 6. The van der Waals surface area contributed by atoms with Crippen LogP contribution in [0.15, 0.2) is 48.5 Å². The lowest BCUT2D eigenvalue weighted by Gasteiger charge is -2.51. The summed E-state index contributed by atoms with van der Waals surface area (Å²) >= 11 is 0. The number of barbiturate groups is 1. The van der Waals surface area contributed by atoms with Crippen molar-refractivity contribution in [3.05, 3.63) is 69.8 Å². The molecule has 2 atom stereocenters. The van der Waals surface area contributed by atoms with Crippen LogP contribution in [0.2, 0.25) is 0 Å². The van der Waals surface area contributed by atoms with E-state index in [1.807, 2.05) is 42.2 Å². The van der Waals surface area contributed by atoms with E-state index in [0.29, 0.717) is 17.7 Å². The lowest BCUT2D eigenvalue weighted by molar-refractivity contribution is -0.384. The lowest BCUT2D eigenvalue weighted by Crippen LogP contribution is -2.69. The molecule has 0 unspecified atom stereocenters. The van der Waals surface area contributed by atoms with Crippen molar-refractivity contribution in [3.63, 3.8) is 0 Å². The van der Waals surface area contributed by atoms with Crippen LogP contribution in [0, 0.1) is 15.5 Å². The lowest BCUT2D eigenvalue weighted by atomic mass is 9.66. The SMILES string of the molecule is CCCCN1C(=O)NC(=O)[C@@]2(Cc3cc([N+](=O)[O-])ccc3N(C)[C@@H]2c2ccccc2)C1=O. The second kappa shape index (κ2) is 8.07. The first-order chi connectivity index (χ1) is 15.3. The Morgan fingerprint density at radius 3 is 2.53 bits per heavy atom. The van der Waals surface area contributed by atoms with E-state index in [4.69, 9.17) is 0 Å². The summed E-state index contributed by atoms with van der Waals surface area (Å²) in [6, 6.07) is 12.2. The highest BCUT2D eigenvalue weighted by Crippen LogP contribution is 2.51. The molecule has 0 aliphatic carbocycles. The molecule has 166 valence electrons. The molecule has 1 spiro atoms. The van der Waals surface area contributed by atoms with Crippen molar-refractivity contribution in [2.24, 2.45) is 5.41 Å². The number of carbonyl (C=O) groups excluding carboxylic acids is 3. The minimum absolute atomic E-state index is 0.0471. The molecule has 1 N–H and O–H groups in total. The molecule has 2 heterocycles. The number of nitro benzene ring substituents is 1. The summed E-state index contributed by atoms with van der Waals surface area (Å²) in [5.74, 6) is -1.25. The van der Waals surface area contributed by atoms with E-state index in [1.54, 1.807) is 13.1 Å². The fourth-order valence-electron chi connectivity index (χ4n) is 4.80. The number of benzene rings is 2. The van der Waals surface area contributed by atoms with Crippen molar-refractivity contribution in [1.29, 1.82) is 0 Å². The molecule has 4 rings (SSSR count). The van der Waals surface area contributed by atoms with Crippen molar-refractivity contribution in [2.45, 2.75) is 32.2 Å². The van der Waals surface area contributed by atoms with Crippen LogP contribution in [0.5, 0.6) is 0 Å². The summed E-state index contributed by atoms with van der Waals surface area (Å²) < 4.78 is 0. The van der Waals surface area contributed by atoms with Gasteiger partial charge in [0.2, 0.25) is 11.8 Å². The van der Waals surface area contributed by atoms with Crippen LogP contribution in [-0.4, -0.2) is 41.3 Å². The summed E-state index contributed by atoms with van der Waals surface area (Å²) in [5.41, 5.74) is 0.204. The van der Waals surface area contributed by atoms with Gasteiger partial charge in [0.1, 0.15) is 0 Å². The number of nitrogens with zero attached hydrogens (tertiary/aromatic N) is 3. The van der Waals surface area contributed by atoms with Crippen LogP contribution in [-0.2, 0) is 16.0 Å². The van der Waals surface area contributed by atoms with E-state index in [2.05, 4.69) is 5.32 Å². The Hall–Kier alpha value is -3.75. The number of nitrogens with one attached hydrogen (secondary N) is 1. The maximum absolute atomic E-state index is 13.9. The number of imide groups is 2. The predicted molar refractivity (Wildman–Crippen MR) is 117 cm³/mol. The maximum Gasteiger partial charge on any atom is 0.330 e. The Labute approximate surface area is 185 Å². The molecule has 9 nitrogen and oxygen atoms in total. The first-order valence-corrected chi connectivity index (χ1v) is 10.5. The van der Waals surface area contributed by atoms with Gasteiger partial charge in [0.15, 0.2) is 5.41 Å². The van der Waals surface area contributed by atoms with E-state index >= 15 is 0 Å². The molecule has 2 aromatic rings. The molecular formula is C23H24N4O5. The molecule has 32 heavy (non-hydrogen) atoms. The third kappa shape index (κ3) is 3.21. The number of unbranched alkanes of at least 4 members (excludes halogenated alkanes) is 1. The number of anilines is 1. The second-order valence-electron chi connectivity index (χ2n) is 8.21. The van der Waals surface area contributed by atoms with Crippen LogP contribution in [0.4, 0.5) is 16.2 Å². The van der Waals surface area contributed by atoms with Gasteiger partial charge < -0.3 is 4.90 Å². The number of amides is 4. The Morgan fingerprint density at radius 2 is 1.88 bits per heavy atom. The molecule has 0 saturated carbocycles. The van der Waals surface area contributed by atoms with E-state index in [-0.39, 0.29) is 18.7 Å². The highest BCUT2D eigenvalue weighted by atomic mass is 16.6. The van der Waals surface area contributed by atoms with Gasteiger partial charge in [-0.3, -0.25) is 29.9 Å². The Balaban J connectivity index is 1.93. The van der Waals surface area contributed by atoms with Crippen LogP contribution in [0.1, 0.15) is 36.9 Å². The molecule has 2 aromatic carbocycles. The molecule has 9 heteroatoms. The van der Waals surface area contributed by atoms with E-state index in [0.717, 1.165) is 16.9 Å². The normalized spacial score (nSPS) is 22.7. The molecule has 1 fully saturated rings. The number of rotatable bonds is 5. The molecule has 2 aliphatic heterocycles. The molecule has 4 amide bonds. The number of non-ortho nitro benzene ring substituents is 1. The van der Waals surface area contributed by atoms with Gasteiger partial charge in [0, 0.05) is 37.8 Å². The van der Waals surface area contributed by atoms with Crippen molar-refractivity contribution < 1.29 is 19.3 Å². The monoisotopic (exact) mass is 436 g/mol. The van der Waals surface area contributed by atoms with Gasteiger partial charge in [-0.25, -0.2) is 4.79 Å². The first kappa shape index (κ1) is 21.5. The summed E-state index contributed by atoms with van der Waals surface area (Å²) in [6.07, 6.45) is 1.33. The largest absolute Gasteiger partial charge is 0.366 e.